The Bertz CT molecular complexity index is 458. The lowest BCUT2D eigenvalue weighted by atomic mass is 10.0. The van der Waals surface area contributed by atoms with E-state index >= 15 is 0 Å². The van der Waals surface area contributed by atoms with Gasteiger partial charge in [-0.2, -0.15) is 0 Å². The molecule has 0 bridgehead atoms. The van der Waals surface area contributed by atoms with Crippen LogP contribution in [0.1, 0.15) is 48.7 Å². The molecule has 0 amide bonds. The molecule has 1 aliphatic carbocycles. The summed E-state index contributed by atoms with van der Waals surface area (Å²) in [5.74, 6) is -0.329. The van der Waals surface area contributed by atoms with Crippen molar-refractivity contribution in [2.75, 3.05) is 5.73 Å². The molecule has 3 nitrogen and oxygen atoms in total. The van der Waals surface area contributed by atoms with Crippen molar-refractivity contribution in [3.63, 3.8) is 0 Å². The lowest BCUT2D eigenvalue weighted by Gasteiger charge is -2.20. The van der Waals surface area contributed by atoms with Crippen LogP contribution in [0.2, 0.25) is 0 Å². The summed E-state index contributed by atoms with van der Waals surface area (Å²) in [5.41, 5.74) is 8.97. The highest BCUT2D eigenvalue weighted by Crippen LogP contribution is 2.28. The zero-order valence-electron chi connectivity index (χ0n) is 10.7. The topological polar surface area (TPSA) is 52.3 Å². The first kappa shape index (κ1) is 12.0. The van der Waals surface area contributed by atoms with Gasteiger partial charge < -0.3 is 10.5 Å². The monoisotopic (exact) mass is 233 g/mol. The number of carbonyl (C=O) groups excluding carboxylic acids is 1. The Hall–Kier alpha value is -1.51. The molecular formula is C14H19NO2. The number of hydrogen-bond donors (Lipinski definition) is 1. The van der Waals surface area contributed by atoms with E-state index in [4.69, 9.17) is 10.5 Å². The van der Waals surface area contributed by atoms with Crippen molar-refractivity contribution in [3.8, 4) is 0 Å². The maximum atomic E-state index is 12.0. The number of hydrogen-bond acceptors (Lipinski definition) is 3. The molecule has 0 heterocycles. The summed E-state index contributed by atoms with van der Waals surface area (Å²) in [7, 11) is 0. The zero-order valence-corrected chi connectivity index (χ0v) is 10.7. The summed E-state index contributed by atoms with van der Waals surface area (Å²) < 4.78 is 5.35. The Morgan fingerprint density at radius 1 is 1.24 bits per heavy atom. The quantitative estimate of drug-likeness (QED) is 0.599. The van der Waals surface area contributed by atoms with E-state index in [9.17, 15) is 4.79 Å². The van der Waals surface area contributed by atoms with E-state index in [1.807, 2.05) is 32.9 Å². The van der Waals surface area contributed by atoms with Gasteiger partial charge in [-0.05, 0) is 63.3 Å². The van der Waals surface area contributed by atoms with E-state index in [2.05, 4.69) is 0 Å². The van der Waals surface area contributed by atoms with Crippen LogP contribution in [0.15, 0.2) is 12.1 Å². The number of esters is 1. The van der Waals surface area contributed by atoms with Gasteiger partial charge >= 0.3 is 5.97 Å². The SMILES string of the molecule is CC(C)(C)OC(=O)c1cc2c(cc1N)CCC2. The lowest BCUT2D eigenvalue weighted by Crippen LogP contribution is -2.24. The van der Waals surface area contributed by atoms with Gasteiger partial charge in [-0.25, -0.2) is 4.79 Å². The molecule has 0 unspecified atom stereocenters. The van der Waals surface area contributed by atoms with Crippen molar-refractivity contribution >= 4 is 11.7 Å². The Morgan fingerprint density at radius 2 is 1.82 bits per heavy atom. The fraction of sp³-hybridized carbons (Fsp3) is 0.500. The van der Waals surface area contributed by atoms with Crippen molar-refractivity contribution in [2.24, 2.45) is 0 Å². The largest absolute Gasteiger partial charge is 0.456 e. The second-order valence-electron chi connectivity index (χ2n) is 5.56. The molecule has 1 aromatic rings. The molecule has 1 aromatic carbocycles. The van der Waals surface area contributed by atoms with Crippen molar-refractivity contribution in [3.05, 3.63) is 28.8 Å². The van der Waals surface area contributed by atoms with Crippen LogP contribution in [0.25, 0.3) is 0 Å². The third-order valence-electron chi connectivity index (χ3n) is 2.88. The molecule has 3 heteroatoms. The normalized spacial score (nSPS) is 14.5. The first-order valence-electron chi connectivity index (χ1n) is 6.01. The molecule has 2 N–H and O–H groups in total. The molecule has 0 saturated heterocycles. The molecule has 0 fully saturated rings. The van der Waals surface area contributed by atoms with E-state index in [-0.39, 0.29) is 5.97 Å². The number of anilines is 1. The highest BCUT2D eigenvalue weighted by Gasteiger charge is 2.22. The number of carbonyl (C=O) groups is 1. The Kier molecular flexibility index (Phi) is 2.86. The fourth-order valence-corrected chi connectivity index (χ4v) is 2.15. The van der Waals surface area contributed by atoms with E-state index in [0.717, 1.165) is 19.3 Å². The van der Waals surface area contributed by atoms with Crippen LogP contribution < -0.4 is 5.73 Å². The molecule has 0 aromatic heterocycles. The second-order valence-corrected chi connectivity index (χ2v) is 5.56. The number of ether oxygens (including phenoxy) is 1. The van der Waals surface area contributed by atoms with Crippen LogP contribution in [0.3, 0.4) is 0 Å². The van der Waals surface area contributed by atoms with Gasteiger partial charge in [0.2, 0.25) is 0 Å². The van der Waals surface area contributed by atoms with Crippen LogP contribution in [-0.2, 0) is 17.6 Å². The summed E-state index contributed by atoms with van der Waals surface area (Å²) in [6.07, 6.45) is 3.24. The lowest BCUT2D eigenvalue weighted by molar-refractivity contribution is 0.00707. The molecule has 0 spiro atoms. The first-order valence-corrected chi connectivity index (χ1v) is 6.01. The Morgan fingerprint density at radius 3 is 2.41 bits per heavy atom. The predicted octanol–water partition coefficient (Wildman–Crippen LogP) is 2.71. The first-order chi connectivity index (χ1) is 7.87. The fourth-order valence-electron chi connectivity index (χ4n) is 2.15. The minimum absolute atomic E-state index is 0.329. The molecular weight excluding hydrogens is 214 g/mol. The maximum Gasteiger partial charge on any atom is 0.340 e. The van der Waals surface area contributed by atoms with E-state index < -0.39 is 5.60 Å². The third-order valence-corrected chi connectivity index (χ3v) is 2.88. The smallest absolute Gasteiger partial charge is 0.340 e. The van der Waals surface area contributed by atoms with E-state index in [0.29, 0.717) is 11.3 Å². The average Bonchev–Trinajstić information content (AvgIpc) is 2.60. The van der Waals surface area contributed by atoms with E-state index in [1.165, 1.54) is 11.1 Å². The van der Waals surface area contributed by atoms with Crippen LogP contribution in [0.4, 0.5) is 5.69 Å². The molecule has 0 radical (unpaired) electrons. The summed E-state index contributed by atoms with van der Waals surface area (Å²) >= 11 is 0. The van der Waals surface area contributed by atoms with Crippen LogP contribution >= 0.6 is 0 Å². The molecule has 0 atom stereocenters. The number of nitrogen functional groups attached to an aromatic ring is 1. The van der Waals surface area contributed by atoms with Crippen LogP contribution in [0.5, 0.6) is 0 Å². The van der Waals surface area contributed by atoms with Crippen molar-refractivity contribution in [1.29, 1.82) is 0 Å². The molecule has 92 valence electrons. The van der Waals surface area contributed by atoms with Crippen molar-refractivity contribution in [2.45, 2.75) is 45.6 Å². The van der Waals surface area contributed by atoms with Crippen molar-refractivity contribution in [1.82, 2.24) is 0 Å². The molecule has 0 saturated carbocycles. The highest BCUT2D eigenvalue weighted by atomic mass is 16.6. The minimum atomic E-state index is -0.484. The van der Waals surface area contributed by atoms with Gasteiger partial charge in [0.15, 0.2) is 0 Å². The number of fused-ring (bicyclic) bond motifs is 1. The second kappa shape index (κ2) is 4.06. The molecule has 1 aliphatic rings. The molecule has 2 rings (SSSR count). The van der Waals surface area contributed by atoms with Gasteiger partial charge in [0.05, 0.1) is 5.56 Å². The summed E-state index contributed by atoms with van der Waals surface area (Å²) in [6, 6.07) is 3.81. The minimum Gasteiger partial charge on any atom is -0.456 e. The number of nitrogens with two attached hydrogens (primary N) is 1. The van der Waals surface area contributed by atoms with Gasteiger partial charge in [0.25, 0.3) is 0 Å². The summed E-state index contributed by atoms with van der Waals surface area (Å²) in [5, 5.41) is 0. The standard InChI is InChI=1S/C14H19NO2/c1-14(2,3)17-13(16)11-7-9-5-4-6-10(9)8-12(11)15/h7-8H,4-6,15H2,1-3H3. The van der Waals surface area contributed by atoms with Crippen LogP contribution in [-0.4, -0.2) is 11.6 Å². The van der Waals surface area contributed by atoms with Crippen LogP contribution in [0, 0.1) is 0 Å². The van der Waals surface area contributed by atoms with Gasteiger partial charge in [0.1, 0.15) is 5.60 Å². The molecule has 17 heavy (non-hydrogen) atoms. The summed E-state index contributed by atoms with van der Waals surface area (Å²) in [6.45, 7) is 5.57. The zero-order chi connectivity index (χ0) is 12.6. The van der Waals surface area contributed by atoms with Gasteiger partial charge in [-0.3, -0.25) is 0 Å². The van der Waals surface area contributed by atoms with Gasteiger partial charge in [0, 0.05) is 5.69 Å². The van der Waals surface area contributed by atoms with Gasteiger partial charge in [-0.1, -0.05) is 0 Å². The number of aryl methyl sites for hydroxylation is 2. The van der Waals surface area contributed by atoms with Gasteiger partial charge in [-0.15, -0.1) is 0 Å². The Balaban J connectivity index is 2.30. The number of rotatable bonds is 1. The highest BCUT2D eigenvalue weighted by molar-refractivity contribution is 5.95. The van der Waals surface area contributed by atoms with Crippen molar-refractivity contribution < 1.29 is 9.53 Å². The van der Waals surface area contributed by atoms with E-state index in [1.54, 1.807) is 0 Å². The third kappa shape index (κ3) is 2.60. The average molecular weight is 233 g/mol. The Labute approximate surface area is 102 Å². The predicted molar refractivity (Wildman–Crippen MR) is 68.0 cm³/mol. The summed E-state index contributed by atoms with van der Waals surface area (Å²) in [4.78, 5) is 12.0. The maximum absolute atomic E-state index is 12.0. The molecule has 0 aliphatic heterocycles. The number of benzene rings is 1.